The Hall–Kier alpha value is -1.71. The van der Waals surface area contributed by atoms with E-state index in [1.165, 1.54) is 18.3 Å². The molecule has 3 aromatic rings. The number of rotatable bonds is 3. The first kappa shape index (κ1) is 16.2. The number of carbonyl (C=O) groups is 2. The second-order valence-electron chi connectivity index (χ2n) is 4.68. The lowest BCUT2D eigenvalue weighted by Gasteiger charge is -2.03. The molecule has 9 heteroatoms. The molecule has 2 amide bonds. The molecule has 0 saturated heterocycles. The zero-order valence-corrected chi connectivity index (χ0v) is 15.7. The second-order valence-corrected chi connectivity index (χ2v) is 7.36. The van der Waals surface area contributed by atoms with Gasteiger partial charge in [0, 0.05) is 12.6 Å². The van der Waals surface area contributed by atoms with Crippen LogP contribution in [0.5, 0.6) is 0 Å². The van der Waals surface area contributed by atoms with Gasteiger partial charge in [0.1, 0.15) is 5.69 Å². The Morgan fingerprint density at radius 1 is 1.22 bits per heavy atom. The molecule has 0 aliphatic heterocycles. The molecule has 0 fully saturated rings. The van der Waals surface area contributed by atoms with Crippen molar-refractivity contribution < 1.29 is 9.59 Å². The van der Waals surface area contributed by atoms with Crippen molar-refractivity contribution in [2.45, 2.75) is 6.92 Å². The van der Waals surface area contributed by atoms with Crippen molar-refractivity contribution in [3.05, 3.63) is 39.0 Å². The van der Waals surface area contributed by atoms with Crippen LogP contribution in [0.3, 0.4) is 0 Å². The Kier molecular flexibility index (Phi) is 4.51. The molecule has 0 radical (unpaired) electrons. The average molecular weight is 458 g/mol. The van der Waals surface area contributed by atoms with Gasteiger partial charge < -0.3 is 15.6 Å². The van der Waals surface area contributed by atoms with Gasteiger partial charge in [-0.15, -0.1) is 0 Å². The van der Waals surface area contributed by atoms with Crippen LogP contribution in [-0.4, -0.2) is 21.8 Å². The van der Waals surface area contributed by atoms with Crippen molar-refractivity contribution in [3.63, 3.8) is 0 Å². The first-order valence-electron chi connectivity index (χ1n) is 6.46. The minimum atomic E-state index is -0.248. The third-order valence-corrected chi connectivity index (χ3v) is 5.62. The molecular weight excluding hydrogens is 448 g/mol. The van der Waals surface area contributed by atoms with Crippen molar-refractivity contribution in [1.82, 2.24) is 9.97 Å². The number of aromatic amines is 1. The highest BCUT2D eigenvalue weighted by molar-refractivity contribution is 9.13. The predicted octanol–water partition coefficient (Wildman–Crippen LogP) is 4.36. The number of hydrogen-bond donors (Lipinski definition) is 3. The maximum absolute atomic E-state index is 12.2. The van der Waals surface area contributed by atoms with E-state index in [-0.39, 0.29) is 11.8 Å². The van der Waals surface area contributed by atoms with Gasteiger partial charge in [0.25, 0.3) is 5.91 Å². The maximum Gasteiger partial charge on any atom is 0.272 e. The number of fused-ring (bicyclic) bond motifs is 1. The zero-order valence-electron chi connectivity index (χ0n) is 11.7. The number of amides is 2. The fraction of sp³-hybridized carbons (Fsp3) is 0.0714. The number of aromatic nitrogens is 2. The van der Waals surface area contributed by atoms with Gasteiger partial charge in [-0.25, -0.2) is 4.98 Å². The summed E-state index contributed by atoms with van der Waals surface area (Å²) in [5.74, 6) is -0.414. The van der Waals surface area contributed by atoms with Crippen LogP contribution < -0.4 is 10.6 Å². The Bertz CT molecular complexity index is 899. The zero-order chi connectivity index (χ0) is 16.6. The van der Waals surface area contributed by atoms with E-state index in [4.69, 9.17) is 0 Å². The molecule has 23 heavy (non-hydrogen) atoms. The Morgan fingerprint density at radius 2 is 2.00 bits per heavy atom. The molecule has 118 valence electrons. The van der Waals surface area contributed by atoms with Gasteiger partial charge in [-0.3, -0.25) is 9.59 Å². The lowest BCUT2D eigenvalue weighted by Crippen LogP contribution is -2.12. The number of hydrogen-bond acceptors (Lipinski definition) is 4. The van der Waals surface area contributed by atoms with E-state index in [9.17, 15) is 9.59 Å². The SMILES string of the molecule is CC(=O)Nc1nc2ccc(NC(=O)c3cc(Br)c(Br)[nH]3)cc2s1. The van der Waals surface area contributed by atoms with Crippen molar-refractivity contribution >= 4 is 76.0 Å². The fourth-order valence-corrected chi connectivity index (χ4v) is 3.54. The van der Waals surface area contributed by atoms with Crippen LogP contribution in [0, 0.1) is 0 Å². The highest BCUT2D eigenvalue weighted by atomic mass is 79.9. The summed E-state index contributed by atoms with van der Waals surface area (Å²) in [7, 11) is 0. The van der Waals surface area contributed by atoms with E-state index in [0.717, 1.165) is 14.7 Å². The molecule has 2 heterocycles. The Morgan fingerprint density at radius 3 is 2.65 bits per heavy atom. The summed E-state index contributed by atoms with van der Waals surface area (Å²) in [4.78, 5) is 30.5. The van der Waals surface area contributed by atoms with Crippen LogP contribution in [0.4, 0.5) is 10.8 Å². The third-order valence-electron chi connectivity index (χ3n) is 2.90. The van der Waals surface area contributed by atoms with Gasteiger partial charge in [-0.05, 0) is 56.1 Å². The Labute approximate surface area is 151 Å². The third kappa shape index (κ3) is 3.62. The standard InChI is InChI=1S/C14H10Br2N4O2S/c1-6(21)17-14-20-9-3-2-7(4-11(9)23-14)18-13(22)10-5-8(15)12(16)19-10/h2-5,19H,1H3,(H,18,22)(H,17,20,21). The van der Waals surface area contributed by atoms with Crippen molar-refractivity contribution in [1.29, 1.82) is 0 Å². The summed E-state index contributed by atoms with van der Waals surface area (Å²) < 4.78 is 2.36. The Balaban J connectivity index is 1.82. The molecule has 3 N–H and O–H groups in total. The number of H-pyrrole nitrogens is 1. The average Bonchev–Trinajstić information content (AvgIpc) is 3.01. The van der Waals surface area contributed by atoms with Crippen LogP contribution in [-0.2, 0) is 4.79 Å². The summed E-state index contributed by atoms with van der Waals surface area (Å²) in [6.45, 7) is 1.43. The fourth-order valence-electron chi connectivity index (χ4n) is 1.93. The van der Waals surface area contributed by atoms with Crippen LogP contribution >= 0.6 is 43.2 Å². The van der Waals surface area contributed by atoms with E-state index >= 15 is 0 Å². The van der Waals surface area contributed by atoms with Gasteiger partial charge in [0.2, 0.25) is 5.91 Å². The minimum Gasteiger partial charge on any atom is -0.344 e. The van der Waals surface area contributed by atoms with Crippen molar-refractivity contribution in [3.8, 4) is 0 Å². The van der Waals surface area contributed by atoms with E-state index in [0.29, 0.717) is 21.1 Å². The summed E-state index contributed by atoms with van der Waals surface area (Å²) in [5.41, 5.74) is 1.86. The number of benzene rings is 1. The number of nitrogens with one attached hydrogen (secondary N) is 3. The first-order chi connectivity index (χ1) is 10.9. The number of carbonyl (C=O) groups excluding carboxylic acids is 2. The topological polar surface area (TPSA) is 86.9 Å². The normalized spacial score (nSPS) is 10.7. The molecule has 0 aliphatic carbocycles. The van der Waals surface area contributed by atoms with E-state index in [2.05, 4.69) is 52.5 Å². The van der Waals surface area contributed by atoms with Gasteiger partial charge >= 0.3 is 0 Å². The molecule has 6 nitrogen and oxygen atoms in total. The molecule has 2 aromatic heterocycles. The second kappa shape index (κ2) is 6.42. The monoisotopic (exact) mass is 456 g/mol. The van der Waals surface area contributed by atoms with Gasteiger partial charge in [-0.1, -0.05) is 11.3 Å². The lowest BCUT2D eigenvalue weighted by molar-refractivity contribution is -0.114. The van der Waals surface area contributed by atoms with E-state index < -0.39 is 0 Å². The summed E-state index contributed by atoms with van der Waals surface area (Å²) >= 11 is 7.98. The molecule has 0 atom stereocenters. The number of halogens is 2. The minimum absolute atomic E-state index is 0.166. The highest BCUT2D eigenvalue weighted by Gasteiger charge is 2.12. The van der Waals surface area contributed by atoms with E-state index in [1.54, 1.807) is 18.2 Å². The lowest BCUT2D eigenvalue weighted by atomic mass is 10.3. The van der Waals surface area contributed by atoms with Crippen LogP contribution in [0.2, 0.25) is 0 Å². The quantitative estimate of drug-likeness (QED) is 0.546. The van der Waals surface area contributed by atoms with Gasteiger partial charge in [0.05, 0.1) is 19.3 Å². The molecule has 0 saturated carbocycles. The van der Waals surface area contributed by atoms with Crippen molar-refractivity contribution in [2.24, 2.45) is 0 Å². The van der Waals surface area contributed by atoms with Crippen LogP contribution in [0.15, 0.2) is 33.3 Å². The number of thiazole rings is 1. The molecule has 0 unspecified atom stereocenters. The van der Waals surface area contributed by atoms with E-state index in [1.807, 2.05) is 6.07 Å². The van der Waals surface area contributed by atoms with Crippen LogP contribution in [0.1, 0.15) is 17.4 Å². The van der Waals surface area contributed by atoms with Gasteiger partial charge in [0.15, 0.2) is 5.13 Å². The molecule has 0 bridgehead atoms. The summed E-state index contributed by atoms with van der Waals surface area (Å²) in [6, 6.07) is 7.08. The number of anilines is 2. The number of nitrogens with zero attached hydrogens (tertiary/aromatic N) is 1. The molecule has 3 rings (SSSR count). The molecule has 1 aromatic carbocycles. The molecule has 0 aliphatic rings. The first-order valence-corrected chi connectivity index (χ1v) is 8.86. The maximum atomic E-state index is 12.2. The summed E-state index contributed by atoms with van der Waals surface area (Å²) in [6.07, 6.45) is 0. The van der Waals surface area contributed by atoms with Crippen LogP contribution in [0.25, 0.3) is 10.2 Å². The molecule has 0 spiro atoms. The van der Waals surface area contributed by atoms with Crippen molar-refractivity contribution in [2.75, 3.05) is 10.6 Å². The van der Waals surface area contributed by atoms with Gasteiger partial charge in [-0.2, -0.15) is 0 Å². The summed E-state index contributed by atoms with van der Waals surface area (Å²) in [5, 5.41) is 6.01. The smallest absolute Gasteiger partial charge is 0.272 e. The predicted molar refractivity (Wildman–Crippen MR) is 98.1 cm³/mol. The molecular formula is C14H10Br2N4O2S. The largest absolute Gasteiger partial charge is 0.344 e. The highest BCUT2D eigenvalue weighted by Crippen LogP contribution is 2.29.